The highest BCUT2D eigenvalue weighted by molar-refractivity contribution is 6.03. The number of hydrogen-bond acceptors (Lipinski definition) is 1. The Morgan fingerprint density at radius 1 is 1.22 bits per heavy atom. The van der Waals surface area contributed by atoms with Crippen LogP contribution in [0, 0.1) is 19.3 Å². The molecular weight excluding hydrogens is 222 g/mol. The van der Waals surface area contributed by atoms with Gasteiger partial charge < -0.3 is 5.32 Å². The summed E-state index contributed by atoms with van der Waals surface area (Å²) >= 11 is 0. The highest BCUT2D eigenvalue weighted by Gasteiger charge is 2.32. The SMILES string of the molecule is Cc1cc(C)c2c(c1)C(CCC(C)(C)C)C(=O)N2. The summed E-state index contributed by atoms with van der Waals surface area (Å²) in [6.45, 7) is 10.8. The van der Waals surface area contributed by atoms with Crippen LogP contribution in [0.15, 0.2) is 12.1 Å². The molecule has 1 unspecified atom stereocenters. The molecule has 98 valence electrons. The van der Waals surface area contributed by atoms with Crippen molar-refractivity contribution in [3.63, 3.8) is 0 Å². The number of aryl methyl sites for hydroxylation is 2. The zero-order valence-electron chi connectivity index (χ0n) is 12.1. The zero-order chi connectivity index (χ0) is 13.5. The Morgan fingerprint density at radius 2 is 1.89 bits per heavy atom. The number of carbonyl (C=O) groups is 1. The van der Waals surface area contributed by atoms with E-state index in [0.29, 0.717) is 0 Å². The van der Waals surface area contributed by atoms with Crippen molar-refractivity contribution in [3.05, 3.63) is 28.8 Å². The van der Waals surface area contributed by atoms with Gasteiger partial charge >= 0.3 is 0 Å². The van der Waals surface area contributed by atoms with Crippen molar-refractivity contribution >= 4 is 11.6 Å². The molecule has 0 bridgehead atoms. The molecule has 0 radical (unpaired) electrons. The van der Waals surface area contributed by atoms with E-state index in [-0.39, 0.29) is 17.2 Å². The molecule has 2 heteroatoms. The van der Waals surface area contributed by atoms with E-state index in [0.717, 1.165) is 18.5 Å². The van der Waals surface area contributed by atoms with Crippen LogP contribution in [0.5, 0.6) is 0 Å². The lowest BCUT2D eigenvalue weighted by atomic mass is 9.84. The summed E-state index contributed by atoms with van der Waals surface area (Å²) in [4.78, 5) is 12.1. The van der Waals surface area contributed by atoms with Gasteiger partial charge in [-0.15, -0.1) is 0 Å². The van der Waals surface area contributed by atoms with Crippen LogP contribution in [0.1, 0.15) is 56.2 Å². The number of amides is 1. The van der Waals surface area contributed by atoms with Crippen molar-refractivity contribution in [1.29, 1.82) is 0 Å². The van der Waals surface area contributed by atoms with Crippen molar-refractivity contribution in [3.8, 4) is 0 Å². The third-order valence-corrected chi connectivity index (χ3v) is 3.63. The monoisotopic (exact) mass is 245 g/mol. The molecule has 1 atom stereocenters. The fourth-order valence-corrected chi connectivity index (χ4v) is 2.66. The van der Waals surface area contributed by atoms with Gasteiger partial charge in [-0.2, -0.15) is 0 Å². The fourth-order valence-electron chi connectivity index (χ4n) is 2.66. The first-order valence-corrected chi connectivity index (χ1v) is 6.70. The summed E-state index contributed by atoms with van der Waals surface area (Å²) in [6.07, 6.45) is 2.00. The Bertz CT molecular complexity index is 483. The Morgan fingerprint density at radius 3 is 2.50 bits per heavy atom. The van der Waals surface area contributed by atoms with E-state index >= 15 is 0 Å². The number of fused-ring (bicyclic) bond motifs is 1. The predicted octanol–water partition coefficient (Wildman–Crippen LogP) is 4.17. The maximum absolute atomic E-state index is 12.1. The summed E-state index contributed by atoms with van der Waals surface area (Å²) in [5.74, 6) is 0.209. The van der Waals surface area contributed by atoms with Crippen LogP contribution < -0.4 is 5.32 Å². The number of carbonyl (C=O) groups excluding carboxylic acids is 1. The maximum atomic E-state index is 12.1. The minimum atomic E-state index is 0.0397. The normalized spacial score (nSPS) is 18.7. The van der Waals surface area contributed by atoms with Crippen LogP contribution >= 0.6 is 0 Å². The van der Waals surface area contributed by atoms with E-state index < -0.39 is 0 Å². The predicted molar refractivity (Wildman–Crippen MR) is 76.0 cm³/mol. The Labute approximate surface area is 110 Å². The fraction of sp³-hybridized carbons (Fsp3) is 0.562. The van der Waals surface area contributed by atoms with Gasteiger partial charge in [0, 0.05) is 5.69 Å². The van der Waals surface area contributed by atoms with E-state index in [1.165, 1.54) is 16.7 Å². The molecule has 0 saturated carbocycles. The second-order valence-corrected chi connectivity index (χ2v) is 6.69. The molecule has 1 aliphatic heterocycles. The van der Waals surface area contributed by atoms with Gasteiger partial charge in [-0.1, -0.05) is 38.5 Å². The summed E-state index contributed by atoms with van der Waals surface area (Å²) in [7, 11) is 0. The van der Waals surface area contributed by atoms with Crippen molar-refractivity contribution in [2.24, 2.45) is 5.41 Å². The number of benzene rings is 1. The standard InChI is InChI=1S/C16H23NO/c1-10-8-11(2)14-13(9-10)12(15(18)17-14)6-7-16(3,4)5/h8-9,12H,6-7H2,1-5H3,(H,17,18). The maximum Gasteiger partial charge on any atom is 0.232 e. The van der Waals surface area contributed by atoms with Crippen LogP contribution in [0.25, 0.3) is 0 Å². The van der Waals surface area contributed by atoms with Crippen LogP contribution in [-0.2, 0) is 4.79 Å². The lowest BCUT2D eigenvalue weighted by Gasteiger charge is -2.20. The first-order chi connectivity index (χ1) is 8.28. The minimum absolute atomic E-state index is 0.0397. The summed E-state index contributed by atoms with van der Waals surface area (Å²) in [5, 5.41) is 3.04. The largest absolute Gasteiger partial charge is 0.325 e. The smallest absolute Gasteiger partial charge is 0.232 e. The van der Waals surface area contributed by atoms with Gasteiger partial charge in [0.25, 0.3) is 0 Å². The summed E-state index contributed by atoms with van der Waals surface area (Å²) < 4.78 is 0. The topological polar surface area (TPSA) is 29.1 Å². The summed E-state index contributed by atoms with van der Waals surface area (Å²) in [6, 6.07) is 4.29. The first kappa shape index (κ1) is 13.1. The molecule has 0 spiro atoms. The molecule has 1 aromatic carbocycles. The van der Waals surface area contributed by atoms with Crippen molar-refractivity contribution in [2.45, 2.75) is 53.4 Å². The van der Waals surface area contributed by atoms with Gasteiger partial charge in [-0.3, -0.25) is 4.79 Å². The van der Waals surface area contributed by atoms with E-state index in [1.54, 1.807) is 0 Å². The van der Waals surface area contributed by atoms with E-state index in [2.05, 4.69) is 52.1 Å². The minimum Gasteiger partial charge on any atom is -0.325 e. The first-order valence-electron chi connectivity index (χ1n) is 6.70. The molecule has 1 aromatic rings. The molecule has 18 heavy (non-hydrogen) atoms. The molecule has 0 aromatic heterocycles. The van der Waals surface area contributed by atoms with Gasteiger partial charge in [0.1, 0.15) is 0 Å². The molecule has 1 heterocycles. The van der Waals surface area contributed by atoms with E-state index in [1.807, 2.05) is 0 Å². The van der Waals surface area contributed by atoms with Crippen molar-refractivity contribution < 1.29 is 4.79 Å². The third kappa shape index (κ3) is 2.58. The molecule has 0 fully saturated rings. The van der Waals surface area contributed by atoms with Crippen LogP contribution in [0.3, 0.4) is 0 Å². The van der Waals surface area contributed by atoms with Gasteiger partial charge in [0.2, 0.25) is 5.91 Å². The number of hydrogen-bond donors (Lipinski definition) is 1. The van der Waals surface area contributed by atoms with Gasteiger partial charge in [0.05, 0.1) is 5.92 Å². The Balaban J connectivity index is 2.27. The number of anilines is 1. The molecule has 0 aliphatic carbocycles. The molecule has 2 nitrogen and oxygen atoms in total. The second-order valence-electron chi connectivity index (χ2n) is 6.69. The zero-order valence-corrected chi connectivity index (χ0v) is 12.1. The molecule has 1 aliphatic rings. The van der Waals surface area contributed by atoms with E-state index in [4.69, 9.17) is 0 Å². The highest BCUT2D eigenvalue weighted by Crippen LogP contribution is 2.40. The third-order valence-electron chi connectivity index (χ3n) is 3.63. The Hall–Kier alpha value is -1.31. The lowest BCUT2D eigenvalue weighted by Crippen LogP contribution is -2.15. The molecule has 1 N–H and O–H groups in total. The van der Waals surface area contributed by atoms with Crippen molar-refractivity contribution in [1.82, 2.24) is 0 Å². The molecule has 1 amide bonds. The molecule has 0 saturated heterocycles. The van der Waals surface area contributed by atoms with Crippen molar-refractivity contribution in [2.75, 3.05) is 5.32 Å². The lowest BCUT2D eigenvalue weighted by molar-refractivity contribution is -0.117. The Kier molecular flexibility index (Phi) is 3.22. The molecule has 2 rings (SSSR count). The van der Waals surface area contributed by atoms with Gasteiger partial charge in [0.15, 0.2) is 0 Å². The van der Waals surface area contributed by atoms with Gasteiger partial charge in [-0.05, 0) is 43.2 Å². The average molecular weight is 245 g/mol. The van der Waals surface area contributed by atoms with Crippen LogP contribution in [-0.4, -0.2) is 5.91 Å². The van der Waals surface area contributed by atoms with Crippen LogP contribution in [0.2, 0.25) is 0 Å². The van der Waals surface area contributed by atoms with Gasteiger partial charge in [-0.25, -0.2) is 0 Å². The number of rotatable bonds is 2. The summed E-state index contributed by atoms with van der Waals surface area (Å²) in [5.41, 5.74) is 4.94. The van der Waals surface area contributed by atoms with E-state index in [9.17, 15) is 4.79 Å². The molecular formula is C16H23NO. The second kappa shape index (κ2) is 4.42. The highest BCUT2D eigenvalue weighted by atomic mass is 16.2. The average Bonchev–Trinajstić information content (AvgIpc) is 2.51. The van der Waals surface area contributed by atoms with Crippen LogP contribution in [0.4, 0.5) is 5.69 Å². The quantitative estimate of drug-likeness (QED) is 0.832. The number of nitrogens with one attached hydrogen (secondary N) is 1.